The van der Waals surface area contributed by atoms with Gasteiger partial charge >= 0.3 is 29.6 Å². The summed E-state index contributed by atoms with van der Waals surface area (Å²) in [6.45, 7) is 0. The van der Waals surface area contributed by atoms with Crippen molar-refractivity contribution in [2.24, 2.45) is 0 Å². The molecule has 0 amide bonds. The van der Waals surface area contributed by atoms with Crippen LogP contribution in [0.2, 0.25) is 0 Å². The van der Waals surface area contributed by atoms with Gasteiger partial charge in [0.25, 0.3) is 10.9 Å². The molecule has 0 aromatic heterocycles. The van der Waals surface area contributed by atoms with Gasteiger partial charge in [-0.15, -0.1) is 12.6 Å². The molecule has 0 saturated heterocycles. The SMILES string of the molecule is O=C(Cl)c1ccc(S)c([N+](=O)[O-])c1.[Na+]. The van der Waals surface area contributed by atoms with Crippen LogP contribution in [0.15, 0.2) is 23.1 Å². The molecule has 1 aromatic carbocycles. The minimum Gasteiger partial charge on any atom is -0.276 e. The molecule has 0 N–H and O–H groups in total. The number of hydrogen-bond donors (Lipinski definition) is 1. The largest absolute Gasteiger partial charge is 1.00 e. The van der Waals surface area contributed by atoms with E-state index in [4.69, 9.17) is 11.6 Å². The van der Waals surface area contributed by atoms with Gasteiger partial charge in [-0.1, -0.05) is 0 Å². The molecule has 14 heavy (non-hydrogen) atoms. The number of thiol groups is 1. The van der Waals surface area contributed by atoms with E-state index in [0.717, 1.165) is 6.07 Å². The number of nitro benzene ring substituents is 1. The molecule has 0 unspecified atom stereocenters. The summed E-state index contributed by atoms with van der Waals surface area (Å²) in [6.07, 6.45) is 0. The predicted octanol–water partition coefficient (Wildman–Crippen LogP) is -0.733. The Morgan fingerprint density at radius 2 is 2.07 bits per heavy atom. The van der Waals surface area contributed by atoms with E-state index < -0.39 is 10.2 Å². The first-order chi connectivity index (χ1) is 6.02. The predicted molar refractivity (Wildman–Crippen MR) is 50.5 cm³/mol. The average molecular weight is 241 g/mol. The van der Waals surface area contributed by atoms with E-state index in [1.165, 1.54) is 12.1 Å². The topological polar surface area (TPSA) is 60.2 Å². The van der Waals surface area contributed by atoms with E-state index in [-0.39, 0.29) is 45.7 Å². The fraction of sp³-hybridized carbons (Fsp3) is 0. The molecule has 0 fully saturated rings. The fourth-order valence-electron chi connectivity index (χ4n) is 0.792. The molecular formula is C7H4ClNNaO3S+. The third-order valence-corrected chi connectivity index (χ3v) is 2.00. The van der Waals surface area contributed by atoms with Crippen LogP contribution >= 0.6 is 24.2 Å². The van der Waals surface area contributed by atoms with Crippen LogP contribution in [0.25, 0.3) is 0 Å². The van der Waals surface area contributed by atoms with Crippen molar-refractivity contribution in [3.63, 3.8) is 0 Å². The summed E-state index contributed by atoms with van der Waals surface area (Å²) < 4.78 is 0. The number of benzene rings is 1. The van der Waals surface area contributed by atoms with Gasteiger partial charge in [0.05, 0.1) is 9.82 Å². The van der Waals surface area contributed by atoms with Gasteiger partial charge in [0.1, 0.15) is 0 Å². The molecule has 0 radical (unpaired) electrons. The Labute approximate surface area is 112 Å². The summed E-state index contributed by atoms with van der Waals surface area (Å²) in [5, 5.41) is 9.67. The number of hydrogen-bond acceptors (Lipinski definition) is 4. The summed E-state index contributed by atoms with van der Waals surface area (Å²) in [5.41, 5.74) is -0.138. The standard InChI is InChI=1S/C7H4ClNO3S.Na/c8-7(10)4-1-2-6(13)5(3-4)9(11)12;/h1-3,13H;/q;+1. The van der Waals surface area contributed by atoms with Crippen molar-refractivity contribution in [2.75, 3.05) is 0 Å². The second-order valence-corrected chi connectivity index (χ2v) is 3.06. The second-order valence-electron chi connectivity index (χ2n) is 2.23. The van der Waals surface area contributed by atoms with Crippen LogP contribution in [0.3, 0.4) is 0 Å². The molecule has 0 spiro atoms. The molecule has 0 bridgehead atoms. The van der Waals surface area contributed by atoms with E-state index >= 15 is 0 Å². The number of carbonyl (C=O) groups excluding carboxylic acids is 1. The van der Waals surface area contributed by atoms with Gasteiger partial charge in [-0.3, -0.25) is 14.9 Å². The molecule has 0 saturated carbocycles. The van der Waals surface area contributed by atoms with E-state index in [1.54, 1.807) is 0 Å². The maximum atomic E-state index is 10.6. The first-order valence-corrected chi connectivity index (χ1v) is 4.02. The summed E-state index contributed by atoms with van der Waals surface area (Å²) in [4.78, 5) is 20.6. The first kappa shape index (κ1) is 13.9. The normalized spacial score (nSPS) is 9.00. The number of carbonyl (C=O) groups is 1. The molecular weight excluding hydrogens is 237 g/mol. The summed E-state index contributed by atoms with van der Waals surface area (Å²) in [5.74, 6) is 0. The first-order valence-electron chi connectivity index (χ1n) is 3.19. The van der Waals surface area contributed by atoms with Gasteiger partial charge in [-0.25, -0.2) is 0 Å². The Hall–Kier alpha value is -0.0700. The Morgan fingerprint density at radius 3 is 2.50 bits per heavy atom. The summed E-state index contributed by atoms with van der Waals surface area (Å²) >= 11 is 9.00. The number of rotatable bonds is 2. The van der Waals surface area contributed by atoms with Crippen LogP contribution in [0.1, 0.15) is 10.4 Å². The molecule has 0 aliphatic rings. The van der Waals surface area contributed by atoms with Crippen LogP contribution in [-0.4, -0.2) is 10.2 Å². The molecule has 0 aliphatic carbocycles. The van der Waals surface area contributed by atoms with E-state index in [9.17, 15) is 14.9 Å². The van der Waals surface area contributed by atoms with Crippen molar-refractivity contribution in [1.82, 2.24) is 0 Å². The van der Waals surface area contributed by atoms with Crippen molar-refractivity contribution in [3.05, 3.63) is 33.9 Å². The minimum absolute atomic E-state index is 0. The summed E-state index contributed by atoms with van der Waals surface area (Å²) in [6, 6.07) is 3.83. The van der Waals surface area contributed by atoms with E-state index in [0.29, 0.717) is 0 Å². The molecule has 7 heteroatoms. The Kier molecular flexibility index (Phi) is 5.70. The number of halogens is 1. The van der Waals surface area contributed by atoms with E-state index in [2.05, 4.69) is 12.6 Å². The van der Waals surface area contributed by atoms with Crippen LogP contribution in [0.5, 0.6) is 0 Å². The van der Waals surface area contributed by atoms with Crippen molar-refractivity contribution < 1.29 is 39.3 Å². The molecule has 68 valence electrons. The van der Waals surface area contributed by atoms with Crippen LogP contribution in [0, 0.1) is 10.1 Å². The second kappa shape index (κ2) is 5.72. The molecule has 0 heterocycles. The zero-order valence-electron chi connectivity index (χ0n) is 7.23. The van der Waals surface area contributed by atoms with Crippen molar-refractivity contribution in [3.8, 4) is 0 Å². The smallest absolute Gasteiger partial charge is 0.276 e. The van der Waals surface area contributed by atoms with Gasteiger partial charge in [0.2, 0.25) is 0 Å². The van der Waals surface area contributed by atoms with Gasteiger partial charge in [0.15, 0.2) is 0 Å². The van der Waals surface area contributed by atoms with Crippen molar-refractivity contribution >= 4 is 35.2 Å². The molecule has 1 rings (SSSR count). The minimum atomic E-state index is -0.726. The van der Waals surface area contributed by atoms with Gasteiger partial charge in [0, 0.05) is 11.6 Å². The van der Waals surface area contributed by atoms with Gasteiger partial charge in [-0.05, 0) is 23.7 Å². The fourth-order valence-corrected chi connectivity index (χ4v) is 1.13. The van der Waals surface area contributed by atoms with Crippen molar-refractivity contribution in [1.29, 1.82) is 0 Å². The Bertz CT molecular complexity index is 385. The summed E-state index contributed by atoms with van der Waals surface area (Å²) in [7, 11) is 0. The quantitative estimate of drug-likeness (QED) is 0.244. The maximum absolute atomic E-state index is 10.6. The Balaban J connectivity index is 0.00000169. The van der Waals surface area contributed by atoms with E-state index in [1.807, 2.05) is 0 Å². The molecule has 0 atom stereocenters. The van der Waals surface area contributed by atoms with Crippen LogP contribution in [-0.2, 0) is 0 Å². The average Bonchev–Trinajstić information content (AvgIpc) is 2.04. The zero-order valence-corrected chi connectivity index (χ0v) is 10.9. The Morgan fingerprint density at radius 1 is 1.50 bits per heavy atom. The number of nitrogens with zero attached hydrogens (tertiary/aromatic N) is 1. The third-order valence-electron chi connectivity index (χ3n) is 1.40. The van der Waals surface area contributed by atoms with Gasteiger partial charge < -0.3 is 0 Å². The van der Waals surface area contributed by atoms with Gasteiger partial charge in [-0.2, -0.15) is 0 Å². The van der Waals surface area contributed by atoms with Crippen LogP contribution < -0.4 is 29.6 Å². The van der Waals surface area contributed by atoms with Crippen LogP contribution in [0.4, 0.5) is 5.69 Å². The monoisotopic (exact) mass is 240 g/mol. The van der Waals surface area contributed by atoms with Crippen molar-refractivity contribution in [2.45, 2.75) is 4.90 Å². The molecule has 1 aromatic rings. The third kappa shape index (κ3) is 3.25. The molecule has 0 aliphatic heterocycles. The molecule has 4 nitrogen and oxygen atoms in total. The zero-order chi connectivity index (χ0) is 10.0. The maximum Gasteiger partial charge on any atom is 1.00 e. The number of nitro groups is 1.